The molecule has 0 bridgehead atoms. The van der Waals surface area contributed by atoms with Crippen LogP contribution < -0.4 is 5.32 Å². The molecule has 1 N–H and O–H groups in total. The molecule has 1 atom stereocenters. The van der Waals surface area contributed by atoms with E-state index in [9.17, 15) is 19.3 Å². The van der Waals surface area contributed by atoms with E-state index in [1.807, 2.05) is 0 Å². The first-order valence-corrected chi connectivity index (χ1v) is 6.76. The molecule has 0 saturated heterocycles. The van der Waals surface area contributed by atoms with Crippen molar-refractivity contribution in [3.8, 4) is 0 Å². The molecule has 114 valence electrons. The maximum Gasteiger partial charge on any atom is 0.270 e. The molecule has 0 saturated carbocycles. The number of hydrogen-bond acceptors (Lipinski definition) is 3. The van der Waals surface area contributed by atoms with Gasteiger partial charge in [-0.1, -0.05) is 23.7 Å². The van der Waals surface area contributed by atoms with Crippen molar-refractivity contribution in [3.05, 3.63) is 74.5 Å². The molecular weight excluding hydrogens is 311 g/mol. The third-order valence-electron chi connectivity index (χ3n) is 3.12. The minimum atomic E-state index is -0.601. The first kappa shape index (κ1) is 15.9. The van der Waals surface area contributed by atoms with Crippen molar-refractivity contribution >= 4 is 23.2 Å². The third kappa shape index (κ3) is 3.59. The van der Waals surface area contributed by atoms with Gasteiger partial charge in [0.1, 0.15) is 5.82 Å². The Hall–Kier alpha value is -2.47. The minimum absolute atomic E-state index is 0.0184. The van der Waals surface area contributed by atoms with Crippen molar-refractivity contribution in [2.45, 2.75) is 13.0 Å². The second-order valence-electron chi connectivity index (χ2n) is 4.67. The SMILES string of the molecule is C[C@@H](NC(=O)c1cc([N+](=O)[O-])ccc1Cl)c1ccc(F)cc1. The van der Waals surface area contributed by atoms with E-state index in [2.05, 4.69) is 5.32 Å². The van der Waals surface area contributed by atoms with Gasteiger partial charge in [0, 0.05) is 12.1 Å². The predicted octanol–water partition coefficient (Wildman–Crippen LogP) is 3.88. The molecule has 22 heavy (non-hydrogen) atoms. The number of benzene rings is 2. The van der Waals surface area contributed by atoms with Gasteiger partial charge in [-0.3, -0.25) is 14.9 Å². The summed E-state index contributed by atoms with van der Waals surface area (Å²) >= 11 is 5.91. The van der Waals surface area contributed by atoms with E-state index in [0.29, 0.717) is 5.56 Å². The lowest BCUT2D eigenvalue weighted by atomic mass is 10.1. The minimum Gasteiger partial charge on any atom is -0.345 e. The Morgan fingerprint density at radius 2 is 1.91 bits per heavy atom. The predicted molar refractivity (Wildman–Crippen MR) is 80.4 cm³/mol. The molecule has 1 amide bonds. The number of nitro groups is 1. The molecule has 0 aliphatic rings. The van der Waals surface area contributed by atoms with Crippen LogP contribution in [-0.4, -0.2) is 10.8 Å². The van der Waals surface area contributed by atoms with Crippen molar-refractivity contribution in [1.82, 2.24) is 5.32 Å². The van der Waals surface area contributed by atoms with Crippen LogP contribution in [0.25, 0.3) is 0 Å². The molecule has 0 unspecified atom stereocenters. The van der Waals surface area contributed by atoms with E-state index >= 15 is 0 Å². The lowest BCUT2D eigenvalue weighted by Gasteiger charge is -2.15. The number of nitro benzene ring substituents is 1. The van der Waals surface area contributed by atoms with Crippen molar-refractivity contribution in [2.24, 2.45) is 0 Å². The first-order chi connectivity index (χ1) is 10.4. The Balaban J connectivity index is 2.20. The zero-order valence-corrected chi connectivity index (χ0v) is 12.3. The maximum absolute atomic E-state index is 12.9. The molecule has 7 heteroatoms. The van der Waals surface area contributed by atoms with Crippen molar-refractivity contribution in [2.75, 3.05) is 0 Å². The summed E-state index contributed by atoms with van der Waals surface area (Å²) in [4.78, 5) is 22.4. The standard InChI is InChI=1S/C15H12ClFN2O3/c1-9(10-2-4-11(17)5-3-10)18-15(20)13-8-12(19(21)22)6-7-14(13)16/h2-9H,1H3,(H,18,20)/t9-/m1/s1. The summed E-state index contributed by atoms with van der Waals surface area (Å²) in [6, 6.07) is 8.93. The van der Waals surface area contributed by atoms with Crippen LogP contribution in [0.4, 0.5) is 10.1 Å². The number of non-ortho nitro benzene ring substituents is 1. The third-order valence-corrected chi connectivity index (χ3v) is 3.45. The Bertz CT molecular complexity index is 719. The van der Waals surface area contributed by atoms with Crippen LogP contribution >= 0.6 is 11.6 Å². The molecule has 2 aromatic rings. The van der Waals surface area contributed by atoms with Gasteiger partial charge >= 0.3 is 0 Å². The van der Waals surface area contributed by atoms with Crippen molar-refractivity contribution in [1.29, 1.82) is 0 Å². The highest BCUT2D eigenvalue weighted by molar-refractivity contribution is 6.33. The Labute approximate surface area is 130 Å². The molecule has 0 aromatic heterocycles. The van der Waals surface area contributed by atoms with Gasteiger partial charge in [0.15, 0.2) is 0 Å². The number of rotatable bonds is 4. The summed E-state index contributed by atoms with van der Waals surface area (Å²) in [7, 11) is 0. The van der Waals surface area contributed by atoms with Gasteiger partial charge in [-0.05, 0) is 30.7 Å². The highest BCUT2D eigenvalue weighted by Gasteiger charge is 2.18. The summed E-state index contributed by atoms with van der Waals surface area (Å²) in [6.45, 7) is 1.72. The molecule has 0 aliphatic heterocycles. The second-order valence-corrected chi connectivity index (χ2v) is 5.08. The Morgan fingerprint density at radius 3 is 2.50 bits per heavy atom. The van der Waals surface area contributed by atoms with Crippen LogP contribution in [0.2, 0.25) is 5.02 Å². The number of nitrogens with zero attached hydrogens (tertiary/aromatic N) is 1. The molecule has 5 nitrogen and oxygen atoms in total. The van der Waals surface area contributed by atoms with Gasteiger partial charge in [-0.2, -0.15) is 0 Å². The zero-order valence-electron chi connectivity index (χ0n) is 11.5. The number of hydrogen-bond donors (Lipinski definition) is 1. The van der Waals surface area contributed by atoms with Crippen LogP contribution in [0, 0.1) is 15.9 Å². The number of carbonyl (C=O) groups is 1. The second kappa shape index (κ2) is 6.53. The molecular formula is C15H12ClFN2O3. The van der Waals surface area contributed by atoms with Crippen molar-refractivity contribution < 1.29 is 14.1 Å². The van der Waals surface area contributed by atoms with E-state index in [4.69, 9.17) is 11.6 Å². The largest absolute Gasteiger partial charge is 0.345 e. The quantitative estimate of drug-likeness (QED) is 0.686. The highest BCUT2D eigenvalue weighted by atomic mass is 35.5. The number of amides is 1. The van der Waals surface area contributed by atoms with E-state index in [1.165, 1.54) is 24.3 Å². The van der Waals surface area contributed by atoms with Crippen LogP contribution in [0.15, 0.2) is 42.5 Å². The normalized spacial score (nSPS) is 11.8. The maximum atomic E-state index is 12.9. The molecule has 2 rings (SSSR count). The molecule has 0 heterocycles. The summed E-state index contributed by atoms with van der Waals surface area (Å²) < 4.78 is 12.9. The van der Waals surface area contributed by atoms with Crippen LogP contribution in [0.1, 0.15) is 28.9 Å². The lowest BCUT2D eigenvalue weighted by Crippen LogP contribution is -2.27. The summed E-state index contributed by atoms with van der Waals surface area (Å²) in [6.07, 6.45) is 0. The van der Waals surface area contributed by atoms with Gasteiger partial charge in [0.2, 0.25) is 0 Å². The fourth-order valence-electron chi connectivity index (χ4n) is 1.91. The number of halogens is 2. The molecule has 0 spiro atoms. The fraction of sp³-hybridized carbons (Fsp3) is 0.133. The van der Waals surface area contributed by atoms with Crippen LogP contribution in [0.3, 0.4) is 0 Å². The molecule has 0 aliphatic carbocycles. The monoisotopic (exact) mass is 322 g/mol. The fourth-order valence-corrected chi connectivity index (χ4v) is 2.11. The van der Waals surface area contributed by atoms with Crippen molar-refractivity contribution in [3.63, 3.8) is 0 Å². The van der Waals surface area contributed by atoms with E-state index < -0.39 is 16.9 Å². The van der Waals surface area contributed by atoms with Gasteiger partial charge in [0.25, 0.3) is 11.6 Å². The number of carbonyl (C=O) groups excluding carboxylic acids is 1. The summed E-state index contributed by atoms with van der Waals surface area (Å²) in [5.41, 5.74) is 0.505. The first-order valence-electron chi connectivity index (χ1n) is 6.38. The smallest absolute Gasteiger partial charge is 0.270 e. The average Bonchev–Trinajstić information content (AvgIpc) is 2.47. The van der Waals surface area contributed by atoms with E-state index in [1.54, 1.807) is 19.1 Å². The highest BCUT2D eigenvalue weighted by Crippen LogP contribution is 2.23. The summed E-state index contributed by atoms with van der Waals surface area (Å²) in [5.74, 6) is -0.908. The average molecular weight is 323 g/mol. The van der Waals surface area contributed by atoms with E-state index in [-0.39, 0.29) is 22.1 Å². The Morgan fingerprint density at radius 1 is 1.27 bits per heavy atom. The number of nitrogens with one attached hydrogen (secondary N) is 1. The zero-order chi connectivity index (χ0) is 16.3. The van der Waals surface area contributed by atoms with Crippen LogP contribution in [-0.2, 0) is 0 Å². The van der Waals surface area contributed by atoms with Crippen LogP contribution in [0.5, 0.6) is 0 Å². The van der Waals surface area contributed by atoms with Gasteiger partial charge < -0.3 is 5.32 Å². The lowest BCUT2D eigenvalue weighted by molar-refractivity contribution is -0.384. The Kier molecular flexibility index (Phi) is 4.72. The van der Waals surface area contributed by atoms with Gasteiger partial charge in [0.05, 0.1) is 21.6 Å². The van der Waals surface area contributed by atoms with E-state index in [0.717, 1.165) is 6.07 Å². The molecule has 0 fully saturated rings. The molecule has 0 radical (unpaired) electrons. The topological polar surface area (TPSA) is 72.2 Å². The molecule has 2 aromatic carbocycles. The van der Waals surface area contributed by atoms with Gasteiger partial charge in [-0.25, -0.2) is 4.39 Å². The van der Waals surface area contributed by atoms with Gasteiger partial charge in [-0.15, -0.1) is 0 Å². The summed E-state index contributed by atoms with van der Waals surface area (Å²) in [5, 5.41) is 13.5.